The number of aliphatic hydroxyl groups excluding tert-OH is 1. The number of aliphatic hydroxyl groups is 1. The van der Waals surface area contributed by atoms with Gasteiger partial charge in [0.1, 0.15) is 13.1 Å². The standard InChI is InChI=1S/C38H55N2O3/c1-6-31(7-2)32-13-15-33(16-14-32)38(34-17-21-36(22-18-34)39(8-3)9-4)35-19-23-37(24-20-35)40(10-5)25-11-12-27-42-29-30-43-28-26-41/h13-24,31,41H,6-12,25-30H2,1-5H3/q+1. The van der Waals surface area contributed by atoms with Crippen molar-refractivity contribution in [2.24, 2.45) is 0 Å². The fourth-order valence-electron chi connectivity index (χ4n) is 5.81. The zero-order chi connectivity index (χ0) is 30.9. The predicted octanol–water partition coefficient (Wildman–Crippen LogP) is 7.64. The molecule has 2 aromatic rings. The summed E-state index contributed by atoms with van der Waals surface area (Å²) in [5, 5.41) is 8.76. The van der Waals surface area contributed by atoms with Crippen molar-refractivity contribution in [1.82, 2.24) is 0 Å². The molecule has 5 nitrogen and oxygen atoms in total. The highest BCUT2D eigenvalue weighted by Crippen LogP contribution is 2.33. The number of anilines is 1. The molecule has 1 aliphatic rings. The summed E-state index contributed by atoms with van der Waals surface area (Å²) in [7, 11) is 0. The van der Waals surface area contributed by atoms with E-state index in [9.17, 15) is 0 Å². The normalized spacial score (nSPS) is 12.8. The Morgan fingerprint density at radius 3 is 1.84 bits per heavy atom. The lowest BCUT2D eigenvalue weighted by atomic mass is 9.88. The molecule has 0 amide bonds. The number of hydrogen-bond donors (Lipinski definition) is 1. The molecule has 0 spiro atoms. The van der Waals surface area contributed by atoms with Crippen LogP contribution in [0.1, 0.15) is 82.9 Å². The van der Waals surface area contributed by atoms with E-state index in [1.54, 1.807) is 0 Å². The van der Waals surface area contributed by atoms with Gasteiger partial charge in [-0.25, -0.2) is 4.58 Å². The maximum atomic E-state index is 8.76. The first-order valence-corrected chi connectivity index (χ1v) is 16.5. The third-order valence-corrected chi connectivity index (χ3v) is 8.42. The zero-order valence-electron chi connectivity index (χ0n) is 27.4. The number of rotatable bonds is 19. The highest BCUT2D eigenvalue weighted by molar-refractivity contribution is 6.04. The van der Waals surface area contributed by atoms with Gasteiger partial charge in [-0.3, -0.25) is 0 Å². The Morgan fingerprint density at radius 2 is 1.30 bits per heavy atom. The quantitative estimate of drug-likeness (QED) is 0.136. The Morgan fingerprint density at radius 1 is 0.721 bits per heavy atom. The van der Waals surface area contributed by atoms with Crippen molar-refractivity contribution in [2.45, 2.75) is 66.2 Å². The Bertz CT molecular complexity index is 1130. The third kappa shape index (κ3) is 10.3. The van der Waals surface area contributed by atoms with Gasteiger partial charge in [0, 0.05) is 44.0 Å². The molecule has 0 atom stereocenters. The number of allylic oxidation sites excluding steroid dienone is 5. The Labute approximate surface area is 261 Å². The van der Waals surface area contributed by atoms with Crippen molar-refractivity contribution in [1.29, 1.82) is 0 Å². The van der Waals surface area contributed by atoms with Gasteiger partial charge in [-0.05, 0) is 98.1 Å². The maximum Gasteiger partial charge on any atom is 0.199 e. The molecule has 5 heteroatoms. The molecular formula is C38H55N2O3+. The molecule has 2 aromatic carbocycles. The second-order valence-electron chi connectivity index (χ2n) is 11.0. The lowest BCUT2D eigenvalue weighted by Gasteiger charge is -2.22. The second kappa shape index (κ2) is 19.3. The molecule has 43 heavy (non-hydrogen) atoms. The summed E-state index contributed by atoms with van der Waals surface area (Å²) in [4.78, 5) is 2.39. The van der Waals surface area contributed by atoms with E-state index in [2.05, 4.69) is 117 Å². The van der Waals surface area contributed by atoms with Crippen LogP contribution in [0.25, 0.3) is 5.57 Å². The van der Waals surface area contributed by atoms with Gasteiger partial charge in [-0.1, -0.05) is 50.2 Å². The highest BCUT2D eigenvalue weighted by Gasteiger charge is 2.16. The van der Waals surface area contributed by atoms with Crippen LogP contribution in [-0.4, -0.2) is 74.6 Å². The minimum atomic E-state index is 0.0583. The van der Waals surface area contributed by atoms with E-state index < -0.39 is 0 Å². The van der Waals surface area contributed by atoms with E-state index >= 15 is 0 Å². The average molecular weight is 588 g/mol. The van der Waals surface area contributed by atoms with Crippen LogP contribution in [-0.2, 0) is 9.47 Å². The van der Waals surface area contributed by atoms with Gasteiger partial charge >= 0.3 is 0 Å². The molecule has 1 aliphatic carbocycles. The summed E-state index contributed by atoms with van der Waals surface area (Å²) >= 11 is 0. The van der Waals surface area contributed by atoms with Crippen LogP contribution in [0.5, 0.6) is 0 Å². The average Bonchev–Trinajstić information content (AvgIpc) is 3.05. The van der Waals surface area contributed by atoms with E-state index in [0.717, 1.165) is 45.6 Å². The summed E-state index contributed by atoms with van der Waals surface area (Å²) in [6.07, 6.45) is 13.6. The molecule has 0 saturated carbocycles. The van der Waals surface area contributed by atoms with Crippen molar-refractivity contribution in [3.05, 3.63) is 95.1 Å². The molecule has 0 saturated heterocycles. The maximum absolute atomic E-state index is 8.76. The van der Waals surface area contributed by atoms with Gasteiger partial charge in [-0.15, -0.1) is 0 Å². The third-order valence-electron chi connectivity index (χ3n) is 8.42. The Kier molecular flexibility index (Phi) is 15.5. The molecule has 0 fully saturated rings. The molecule has 0 radical (unpaired) electrons. The van der Waals surface area contributed by atoms with Crippen LogP contribution in [0.4, 0.5) is 5.69 Å². The first-order valence-electron chi connectivity index (χ1n) is 16.5. The summed E-state index contributed by atoms with van der Waals surface area (Å²) < 4.78 is 13.4. The lowest BCUT2D eigenvalue weighted by Crippen LogP contribution is -2.21. The summed E-state index contributed by atoms with van der Waals surface area (Å²) in [5.74, 6) is 0.614. The van der Waals surface area contributed by atoms with Crippen LogP contribution in [0.3, 0.4) is 0 Å². The van der Waals surface area contributed by atoms with E-state index in [1.165, 1.54) is 52.1 Å². The van der Waals surface area contributed by atoms with Crippen LogP contribution in [0.15, 0.2) is 78.4 Å². The van der Waals surface area contributed by atoms with Crippen LogP contribution in [0.2, 0.25) is 0 Å². The monoisotopic (exact) mass is 587 g/mol. The van der Waals surface area contributed by atoms with Crippen LogP contribution < -0.4 is 4.90 Å². The highest BCUT2D eigenvalue weighted by atomic mass is 16.5. The Balaban J connectivity index is 1.81. The number of hydrogen-bond acceptors (Lipinski definition) is 4. The molecule has 0 bridgehead atoms. The topological polar surface area (TPSA) is 44.9 Å². The van der Waals surface area contributed by atoms with Gasteiger partial charge < -0.3 is 19.5 Å². The molecule has 0 heterocycles. The predicted molar refractivity (Wildman–Crippen MR) is 183 cm³/mol. The van der Waals surface area contributed by atoms with E-state index in [-0.39, 0.29) is 6.61 Å². The number of benzene rings is 2. The SMILES string of the molecule is CCC(CC)c1ccc(C(=C2C=CC(=[N+](CC)CCCCOCCOCCO)C=C2)c2ccc(N(CC)CC)cc2)cc1. The van der Waals surface area contributed by atoms with Crippen LogP contribution in [0, 0.1) is 0 Å². The first kappa shape index (κ1) is 34.5. The largest absolute Gasteiger partial charge is 0.394 e. The lowest BCUT2D eigenvalue weighted by molar-refractivity contribution is -0.523. The summed E-state index contributed by atoms with van der Waals surface area (Å²) in [6.45, 7) is 17.5. The van der Waals surface area contributed by atoms with E-state index in [0.29, 0.717) is 25.7 Å². The molecule has 1 N–H and O–H groups in total. The minimum absolute atomic E-state index is 0.0583. The fraction of sp³-hybridized carbons (Fsp3) is 0.500. The summed E-state index contributed by atoms with van der Waals surface area (Å²) in [6, 6.07) is 18.4. The van der Waals surface area contributed by atoms with E-state index in [1.807, 2.05) is 0 Å². The van der Waals surface area contributed by atoms with Crippen molar-refractivity contribution in [3.8, 4) is 0 Å². The molecule has 0 aromatic heterocycles. The van der Waals surface area contributed by atoms with Gasteiger partial charge in [0.15, 0.2) is 5.71 Å². The molecule has 0 unspecified atom stereocenters. The first-order chi connectivity index (χ1) is 21.1. The second-order valence-corrected chi connectivity index (χ2v) is 11.0. The van der Waals surface area contributed by atoms with Gasteiger partial charge in [0.25, 0.3) is 0 Å². The van der Waals surface area contributed by atoms with Crippen molar-refractivity contribution in [3.63, 3.8) is 0 Å². The van der Waals surface area contributed by atoms with Crippen molar-refractivity contribution in [2.75, 3.05) is 64.1 Å². The van der Waals surface area contributed by atoms with Gasteiger partial charge in [-0.2, -0.15) is 0 Å². The molecule has 0 aliphatic heterocycles. The number of unbranched alkanes of at least 4 members (excludes halogenated alkanes) is 1. The van der Waals surface area contributed by atoms with Crippen LogP contribution >= 0.6 is 0 Å². The van der Waals surface area contributed by atoms with Crippen molar-refractivity contribution >= 4 is 17.0 Å². The van der Waals surface area contributed by atoms with Crippen molar-refractivity contribution < 1.29 is 19.2 Å². The smallest absolute Gasteiger partial charge is 0.199 e. The fourth-order valence-corrected chi connectivity index (χ4v) is 5.81. The molecule has 234 valence electrons. The minimum Gasteiger partial charge on any atom is -0.394 e. The molecular weight excluding hydrogens is 532 g/mol. The number of ether oxygens (including phenoxy) is 2. The Hall–Kier alpha value is -2.99. The molecule has 3 rings (SSSR count). The van der Waals surface area contributed by atoms with E-state index in [4.69, 9.17) is 14.6 Å². The summed E-state index contributed by atoms with van der Waals surface area (Å²) in [5.41, 5.74) is 8.97. The number of nitrogens with zero attached hydrogens (tertiary/aromatic N) is 2. The zero-order valence-corrected chi connectivity index (χ0v) is 27.4. The van der Waals surface area contributed by atoms with Gasteiger partial charge in [0.05, 0.1) is 26.4 Å². The van der Waals surface area contributed by atoms with Gasteiger partial charge in [0.2, 0.25) is 0 Å².